The van der Waals surface area contributed by atoms with Crippen LogP contribution in [0.2, 0.25) is 0 Å². The highest BCUT2D eigenvalue weighted by atomic mass is 79.9. The minimum absolute atomic E-state index is 0.267. The second-order valence-corrected chi connectivity index (χ2v) is 7.14. The lowest BCUT2D eigenvalue weighted by atomic mass is 9.95. The van der Waals surface area contributed by atoms with Crippen molar-refractivity contribution < 1.29 is 0 Å². The lowest BCUT2D eigenvalue weighted by Gasteiger charge is -2.15. The molecule has 0 nitrogen and oxygen atoms in total. The molecule has 0 aliphatic heterocycles. The van der Waals surface area contributed by atoms with Crippen LogP contribution in [0.5, 0.6) is 0 Å². The van der Waals surface area contributed by atoms with E-state index >= 15 is 0 Å². The topological polar surface area (TPSA) is 0 Å². The maximum atomic E-state index is 3.56. The third-order valence-electron chi connectivity index (χ3n) is 2.59. The van der Waals surface area contributed by atoms with Crippen molar-refractivity contribution in [3.63, 3.8) is 0 Å². The van der Waals surface area contributed by atoms with Crippen LogP contribution in [0.25, 0.3) is 6.08 Å². The van der Waals surface area contributed by atoms with Gasteiger partial charge < -0.3 is 0 Å². The van der Waals surface area contributed by atoms with Gasteiger partial charge in [-0.2, -0.15) is 0 Å². The molecule has 0 unspecified atom stereocenters. The van der Waals surface area contributed by atoms with Crippen molar-refractivity contribution in [1.82, 2.24) is 0 Å². The highest BCUT2D eigenvalue weighted by Gasteiger charge is 2.15. The van der Waals surface area contributed by atoms with E-state index in [-0.39, 0.29) is 5.41 Å². The first-order valence-corrected chi connectivity index (χ1v) is 7.65. The van der Waals surface area contributed by atoms with Crippen molar-refractivity contribution in [2.45, 2.75) is 40.0 Å². The summed E-state index contributed by atoms with van der Waals surface area (Å²) in [6, 6.07) is 4.49. The Labute approximate surface area is 112 Å². The summed E-state index contributed by atoms with van der Waals surface area (Å²) in [6.45, 7) is 11.3. The monoisotopic (exact) mass is 300 g/mol. The van der Waals surface area contributed by atoms with Crippen molar-refractivity contribution in [3.8, 4) is 0 Å². The van der Waals surface area contributed by atoms with Crippen molar-refractivity contribution >= 4 is 33.3 Å². The van der Waals surface area contributed by atoms with Gasteiger partial charge in [-0.3, -0.25) is 0 Å². The number of allylic oxidation sites excluding steroid dienone is 1. The van der Waals surface area contributed by atoms with Gasteiger partial charge in [0.05, 0.1) is 0 Å². The van der Waals surface area contributed by atoms with E-state index < -0.39 is 0 Å². The van der Waals surface area contributed by atoms with Crippen molar-refractivity contribution in [2.75, 3.05) is 5.33 Å². The van der Waals surface area contributed by atoms with Gasteiger partial charge >= 0.3 is 0 Å². The Bertz CT molecular complexity index is 366. The summed E-state index contributed by atoms with van der Waals surface area (Å²) < 4.78 is 0. The normalized spacial score (nSPS) is 13.6. The third-order valence-corrected chi connectivity index (χ3v) is 4.70. The van der Waals surface area contributed by atoms with E-state index in [2.05, 4.69) is 68.8 Å². The van der Waals surface area contributed by atoms with Gasteiger partial charge in [0.1, 0.15) is 0 Å². The molecule has 0 aliphatic rings. The van der Waals surface area contributed by atoms with Crippen molar-refractivity contribution in [3.05, 3.63) is 27.5 Å². The second kappa shape index (κ2) is 5.50. The van der Waals surface area contributed by atoms with Gasteiger partial charge in [0, 0.05) is 15.1 Å². The molecule has 2 heteroatoms. The van der Waals surface area contributed by atoms with E-state index in [4.69, 9.17) is 0 Å². The Hall–Kier alpha value is -0.0800. The fraction of sp³-hybridized carbons (Fsp3) is 0.571. The fourth-order valence-electron chi connectivity index (χ4n) is 1.38. The molecule has 1 aromatic rings. The molecule has 0 aliphatic carbocycles. The fourth-order valence-corrected chi connectivity index (χ4v) is 3.23. The summed E-state index contributed by atoms with van der Waals surface area (Å²) >= 11 is 5.46. The van der Waals surface area contributed by atoms with Crippen LogP contribution in [0.3, 0.4) is 0 Å². The first-order valence-electron chi connectivity index (χ1n) is 5.71. The van der Waals surface area contributed by atoms with Crippen LogP contribution >= 0.6 is 27.3 Å². The van der Waals surface area contributed by atoms with Crippen LogP contribution in [-0.2, 0) is 5.41 Å². The summed E-state index contributed by atoms with van der Waals surface area (Å²) in [4.78, 5) is 2.82. The first-order chi connectivity index (χ1) is 7.34. The van der Waals surface area contributed by atoms with Crippen molar-refractivity contribution in [1.29, 1.82) is 0 Å². The number of hydrogen-bond acceptors (Lipinski definition) is 1. The van der Waals surface area contributed by atoms with Crippen molar-refractivity contribution in [2.24, 2.45) is 5.92 Å². The predicted octanol–water partition coefficient (Wildman–Crippen LogP) is 5.48. The second-order valence-electron chi connectivity index (χ2n) is 5.46. The highest BCUT2D eigenvalue weighted by Crippen LogP contribution is 2.31. The van der Waals surface area contributed by atoms with Gasteiger partial charge in [0.2, 0.25) is 0 Å². The Morgan fingerprint density at radius 1 is 1.38 bits per heavy atom. The Balaban J connectivity index is 2.95. The van der Waals surface area contributed by atoms with Crippen LogP contribution in [0, 0.1) is 5.92 Å². The van der Waals surface area contributed by atoms with E-state index in [0.29, 0.717) is 5.92 Å². The third kappa shape index (κ3) is 3.74. The molecule has 16 heavy (non-hydrogen) atoms. The molecular formula is C14H21BrS. The molecule has 1 rings (SSSR count). The van der Waals surface area contributed by atoms with Crippen LogP contribution in [-0.4, -0.2) is 5.33 Å². The van der Waals surface area contributed by atoms with E-state index in [1.807, 2.05) is 11.3 Å². The molecule has 0 N–H and O–H groups in total. The highest BCUT2D eigenvalue weighted by molar-refractivity contribution is 9.09. The number of hydrogen-bond donors (Lipinski definition) is 0. The average molecular weight is 301 g/mol. The van der Waals surface area contributed by atoms with Gasteiger partial charge in [-0.1, -0.05) is 56.1 Å². The standard InChI is InChI=1S/C14H21BrS/c1-10(2)11(9-15)8-12-6-7-13(16-12)14(3,4)5/h6-8,10H,9H2,1-5H3/b11-8+. The summed E-state index contributed by atoms with van der Waals surface area (Å²) in [5.41, 5.74) is 1.73. The zero-order chi connectivity index (χ0) is 12.3. The Kier molecular flexibility index (Phi) is 4.81. The van der Waals surface area contributed by atoms with E-state index in [0.717, 1.165) is 5.33 Å². The predicted molar refractivity (Wildman–Crippen MR) is 79.6 cm³/mol. The van der Waals surface area contributed by atoms with Crippen LogP contribution in [0.4, 0.5) is 0 Å². The number of rotatable bonds is 3. The molecule has 0 amide bonds. The molecule has 0 spiro atoms. The molecule has 90 valence electrons. The zero-order valence-corrected chi connectivity index (χ0v) is 13.2. The minimum Gasteiger partial charge on any atom is -0.140 e. The van der Waals surface area contributed by atoms with Crippen LogP contribution < -0.4 is 0 Å². The molecule has 0 radical (unpaired) electrons. The van der Waals surface area contributed by atoms with Gasteiger partial charge in [-0.05, 0) is 29.5 Å². The van der Waals surface area contributed by atoms with Crippen LogP contribution in [0.1, 0.15) is 44.4 Å². The van der Waals surface area contributed by atoms with E-state index in [1.54, 1.807) is 0 Å². The lowest BCUT2D eigenvalue weighted by molar-refractivity contribution is 0.604. The number of alkyl halides is 1. The first kappa shape index (κ1) is 14.0. The zero-order valence-electron chi connectivity index (χ0n) is 10.8. The summed E-state index contributed by atoms with van der Waals surface area (Å²) in [6.07, 6.45) is 2.32. The van der Waals surface area contributed by atoms with Gasteiger partial charge in [0.25, 0.3) is 0 Å². The quantitative estimate of drug-likeness (QED) is 0.648. The maximum Gasteiger partial charge on any atom is 0.0273 e. The molecule has 0 atom stereocenters. The molecular weight excluding hydrogens is 280 g/mol. The molecule has 0 aromatic carbocycles. The molecule has 0 saturated carbocycles. The van der Waals surface area contributed by atoms with Gasteiger partial charge in [0.15, 0.2) is 0 Å². The largest absolute Gasteiger partial charge is 0.140 e. The van der Waals surface area contributed by atoms with Gasteiger partial charge in [-0.25, -0.2) is 0 Å². The maximum absolute atomic E-state index is 3.56. The molecule has 0 bridgehead atoms. The molecule has 1 aromatic heterocycles. The number of thiophene rings is 1. The summed E-state index contributed by atoms with van der Waals surface area (Å²) in [5, 5.41) is 0.966. The summed E-state index contributed by atoms with van der Waals surface area (Å²) in [5.74, 6) is 0.611. The number of halogens is 1. The summed E-state index contributed by atoms with van der Waals surface area (Å²) in [7, 11) is 0. The smallest absolute Gasteiger partial charge is 0.0273 e. The Morgan fingerprint density at radius 3 is 2.38 bits per heavy atom. The Morgan fingerprint density at radius 2 is 2.00 bits per heavy atom. The SMILES string of the molecule is CC(C)/C(=C/c1ccc(C(C)(C)C)s1)CBr. The van der Waals surface area contributed by atoms with E-state index in [9.17, 15) is 0 Å². The molecule has 0 saturated heterocycles. The van der Waals surface area contributed by atoms with Crippen LogP contribution in [0.15, 0.2) is 17.7 Å². The van der Waals surface area contributed by atoms with E-state index in [1.165, 1.54) is 15.3 Å². The molecule has 1 heterocycles. The van der Waals surface area contributed by atoms with Gasteiger partial charge in [-0.15, -0.1) is 11.3 Å². The molecule has 0 fully saturated rings. The average Bonchev–Trinajstić information content (AvgIpc) is 2.61. The minimum atomic E-state index is 0.267. The lowest BCUT2D eigenvalue weighted by Crippen LogP contribution is -2.07.